The molecule has 1 rings (SSSR count). The molecule has 0 aliphatic carbocycles. The second kappa shape index (κ2) is 6.82. The first-order chi connectivity index (χ1) is 9.15. The zero-order valence-corrected chi connectivity index (χ0v) is 13.9. The average Bonchev–Trinajstić information content (AvgIpc) is 2.35. The van der Waals surface area contributed by atoms with Gasteiger partial charge in [-0.05, 0) is 33.2 Å². The molecule has 8 heteroatoms. The molecule has 1 unspecified atom stereocenters. The molecule has 0 spiro atoms. The minimum Gasteiger partial charge on any atom is -0.389 e. The first kappa shape index (κ1) is 17.3. The van der Waals surface area contributed by atoms with Gasteiger partial charge in [0.2, 0.25) is 10.0 Å². The lowest BCUT2D eigenvalue weighted by Crippen LogP contribution is -2.38. The molecule has 112 valence electrons. The fourth-order valence-electron chi connectivity index (χ4n) is 1.36. The number of likely N-dealkylation sites (N-methyl/N-ethyl adjacent to an activating group) is 1. The summed E-state index contributed by atoms with van der Waals surface area (Å²) in [4.78, 5) is 2.11. The van der Waals surface area contributed by atoms with Crippen molar-refractivity contribution in [3.63, 3.8) is 0 Å². The van der Waals surface area contributed by atoms with Crippen LogP contribution >= 0.6 is 23.8 Å². The van der Waals surface area contributed by atoms with Crippen molar-refractivity contribution in [1.82, 2.24) is 9.62 Å². The highest BCUT2D eigenvalue weighted by atomic mass is 35.5. The highest BCUT2D eigenvalue weighted by molar-refractivity contribution is 7.89. The predicted octanol–water partition coefficient (Wildman–Crippen LogP) is 1.20. The van der Waals surface area contributed by atoms with E-state index in [-0.39, 0.29) is 20.9 Å². The van der Waals surface area contributed by atoms with Gasteiger partial charge in [0.05, 0.1) is 5.02 Å². The minimum atomic E-state index is -3.65. The topological polar surface area (TPSA) is 75.4 Å². The van der Waals surface area contributed by atoms with Gasteiger partial charge in [-0.3, -0.25) is 0 Å². The summed E-state index contributed by atoms with van der Waals surface area (Å²) < 4.78 is 26.9. The van der Waals surface area contributed by atoms with Crippen molar-refractivity contribution < 1.29 is 8.42 Å². The van der Waals surface area contributed by atoms with E-state index in [4.69, 9.17) is 29.6 Å². The molecule has 5 nitrogen and oxygen atoms in total. The van der Waals surface area contributed by atoms with Crippen LogP contribution in [0.1, 0.15) is 12.5 Å². The lowest BCUT2D eigenvalue weighted by Gasteiger charge is -2.20. The summed E-state index contributed by atoms with van der Waals surface area (Å²) in [7, 11) is 0.101. The van der Waals surface area contributed by atoms with Gasteiger partial charge in [-0.1, -0.05) is 29.9 Å². The number of benzene rings is 1. The van der Waals surface area contributed by atoms with Gasteiger partial charge in [0.25, 0.3) is 0 Å². The number of hydrogen-bond acceptors (Lipinski definition) is 4. The lowest BCUT2D eigenvalue weighted by molar-refractivity contribution is 0.314. The van der Waals surface area contributed by atoms with Crippen LogP contribution in [0.15, 0.2) is 23.1 Å². The Hall–Kier alpha value is -0.730. The molecule has 0 saturated heterocycles. The molecule has 0 heterocycles. The Balaban J connectivity index is 2.96. The molecule has 0 saturated carbocycles. The maximum Gasteiger partial charge on any atom is 0.242 e. The van der Waals surface area contributed by atoms with Crippen LogP contribution in [0.5, 0.6) is 0 Å². The number of thiocarbonyl (C=S) groups is 1. The minimum absolute atomic E-state index is 0.0186. The Bertz CT molecular complexity index is 603. The normalized spacial score (nSPS) is 13.4. The summed E-state index contributed by atoms with van der Waals surface area (Å²) in [6.45, 7) is 2.21. The van der Waals surface area contributed by atoms with Crippen molar-refractivity contribution in [2.24, 2.45) is 5.73 Å². The van der Waals surface area contributed by atoms with E-state index in [2.05, 4.69) is 4.72 Å². The van der Waals surface area contributed by atoms with Crippen molar-refractivity contribution >= 4 is 38.8 Å². The summed E-state index contributed by atoms with van der Waals surface area (Å²) in [6.07, 6.45) is 0. The van der Waals surface area contributed by atoms with E-state index in [1.807, 2.05) is 25.9 Å². The van der Waals surface area contributed by atoms with Crippen molar-refractivity contribution in [2.45, 2.75) is 17.9 Å². The number of halogens is 1. The molecule has 0 bridgehead atoms. The Morgan fingerprint density at radius 3 is 2.55 bits per heavy atom. The summed E-state index contributed by atoms with van der Waals surface area (Å²) in [6, 6.07) is 4.46. The van der Waals surface area contributed by atoms with Crippen LogP contribution in [0.4, 0.5) is 0 Å². The summed E-state index contributed by atoms with van der Waals surface area (Å²) in [5.41, 5.74) is 6.01. The van der Waals surface area contributed by atoms with Crippen LogP contribution in [0.25, 0.3) is 0 Å². The Kier molecular flexibility index (Phi) is 5.91. The highest BCUT2D eigenvalue weighted by Gasteiger charge is 2.19. The largest absolute Gasteiger partial charge is 0.389 e. The maximum atomic E-state index is 12.2. The SMILES string of the molecule is CC(CNS(=O)(=O)c1ccc(C(N)=S)cc1Cl)N(C)C. The van der Waals surface area contributed by atoms with E-state index >= 15 is 0 Å². The standard InChI is InChI=1S/C12H18ClN3O2S2/c1-8(16(2)3)7-15-20(17,18)11-5-4-9(12(14)19)6-10(11)13/h4-6,8,15H,7H2,1-3H3,(H2,14,19). The molecule has 20 heavy (non-hydrogen) atoms. The summed E-state index contributed by atoms with van der Waals surface area (Å²) >= 11 is 10.8. The maximum absolute atomic E-state index is 12.2. The fourth-order valence-corrected chi connectivity index (χ4v) is 3.15. The molecule has 0 aliphatic heterocycles. The van der Waals surface area contributed by atoms with E-state index in [9.17, 15) is 8.42 Å². The van der Waals surface area contributed by atoms with Crippen LogP contribution in [-0.4, -0.2) is 45.0 Å². The van der Waals surface area contributed by atoms with Gasteiger partial charge in [-0.2, -0.15) is 0 Å². The van der Waals surface area contributed by atoms with Gasteiger partial charge in [0.1, 0.15) is 9.88 Å². The second-order valence-electron chi connectivity index (χ2n) is 4.67. The molecule has 0 fully saturated rings. The van der Waals surface area contributed by atoms with Crippen molar-refractivity contribution in [1.29, 1.82) is 0 Å². The number of nitrogens with zero attached hydrogens (tertiary/aromatic N) is 1. The molecule has 0 radical (unpaired) electrons. The summed E-state index contributed by atoms with van der Waals surface area (Å²) in [5, 5.41) is 0.0975. The molecular weight excluding hydrogens is 318 g/mol. The second-order valence-corrected chi connectivity index (χ2v) is 7.26. The van der Waals surface area contributed by atoms with Gasteiger partial charge < -0.3 is 10.6 Å². The number of hydrogen-bond donors (Lipinski definition) is 2. The van der Waals surface area contributed by atoms with Crippen molar-refractivity contribution in [3.8, 4) is 0 Å². The Morgan fingerprint density at radius 1 is 1.50 bits per heavy atom. The Labute approximate surface area is 130 Å². The van der Waals surface area contributed by atoms with E-state index in [1.54, 1.807) is 0 Å². The van der Waals surface area contributed by atoms with Gasteiger partial charge in [0.15, 0.2) is 0 Å². The van der Waals surface area contributed by atoms with Crippen molar-refractivity contribution in [2.75, 3.05) is 20.6 Å². The van der Waals surface area contributed by atoms with Crippen molar-refractivity contribution in [3.05, 3.63) is 28.8 Å². The smallest absolute Gasteiger partial charge is 0.242 e. The number of nitrogens with one attached hydrogen (secondary N) is 1. The molecule has 0 aromatic heterocycles. The molecule has 3 N–H and O–H groups in total. The molecular formula is C12H18ClN3O2S2. The zero-order chi connectivity index (χ0) is 15.5. The van der Waals surface area contributed by atoms with E-state index in [0.717, 1.165) is 0 Å². The molecule has 0 amide bonds. The lowest BCUT2D eigenvalue weighted by atomic mass is 10.2. The monoisotopic (exact) mass is 335 g/mol. The van der Waals surface area contributed by atoms with Crippen LogP contribution in [-0.2, 0) is 10.0 Å². The molecule has 1 aromatic carbocycles. The predicted molar refractivity (Wildman–Crippen MR) is 85.7 cm³/mol. The number of sulfonamides is 1. The van der Waals surface area contributed by atoms with Crippen LogP contribution in [0.2, 0.25) is 5.02 Å². The molecule has 1 atom stereocenters. The van der Waals surface area contributed by atoms with Gasteiger partial charge in [-0.15, -0.1) is 0 Å². The van der Waals surface area contributed by atoms with Crippen LogP contribution in [0.3, 0.4) is 0 Å². The third-order valence-corrected chi connectivity index (χ3v) is 5.10. The summed E-state index contributed by atoms with van der Waals surface area (Å²) in [5.74, 6) is 0. The third-order valence-electron chi connectivity index (χ3n) is 2.96. The average molecular weight is 336 g/mol. The highest BCUT2D eigenvalue weighted by Crippen LogP contribution is 2.22. The van der Waals surface area contributed by atoms with E-state index in [1.165, 1.54) is 18.2 Å². The first-order valence-electron chi connectivity index (χ1n) is 5.90. The zero-order valence-electron chi connectivity index (χ0n) is 11.6. The third kappa shape index (κ3) is 4.39. The van der Waals surface area contributed by atoms with Gasteiger partial charge in [0, 0.05) is 18.2 Å². The number of nitrogens with two attached hydrogens (primary N) is 1. The Morgan fingerprint density at radius 2 is 2.10 bits per heavy atom. The van der Waals surface area contributed by atoms with Gasteiger partial charge >= 0.3 is 0 Å². The molecule has 1 aromatic rings. The van der Waals surface area contributed by atoms with E-state index < -0.39 is 10.0 Å². The quantitative estimate of drug-likeness (QED) is 0.764. The van der Waals surface area contributed by atoms with Crippen LogP contribution < -0.4 is 10.5 Å². The number of rotatable bonds is 6. The first-order valence-corrected chi connectivity index (χ1v) is 8.17. The van der Waals surface area contributed by atoms with Gasteiger partial charge in [-0.25, -0.2) is 13.1 Å². The van der Waals surface area contributed by atoms with E-state index in [0.29, 0.717) is 12.1 Å². The fraction of sp³-hybridized carbons (Fsp3) is 0.417. The van der Waals surface area contributed by atoms with Crippen LogP contribution in [0, 0.1) is 0 Å². The molecule has 0 aliphatic rings.